The number of aliphatic hydroxyl groups excluding tert-OH is 1. The monoisotopic (exact) mass is 274 g/mol. The van der Waals surface area contributed by atoms with Crippen LogP contribution >= 0.6 is 0 Å². The third-order valence-corrected chi connectivity index (χ3v) is 3.26. The first kappa shape index (κ1) is 14.1. The summed E-state index contributed by atoms with van der Waals surface area (Å²) in [5, 5.41) is 13.3. The third kappa shape index (κ3) is 2.50. The van der Waals surface area contributed by atoms with Crippen LogP contribution in [-0.2, 0) is 7.05 Å². The van der Waals surface area contributed by atoms with Crippen molar-refractivity contribution in [2.45, 2.75) is 6.92 Å². The number of amides is 1. The fourth-order valence-corrected chi connectivity index (χ4v) is 2.02. The Morgan fingerprint density at radius 2 is 2.15 bits per heavy atom. The van der Waals surface area contributed by atoms with Gasteiger partial charge in [0.1, 0.15) is 0 Å². The molecule has 0 saturated heterocycles. The maximum atomic E-state index is 12.6. The van der Waals surface area contributed by atoms with Crippen LogP contribution < -0.4 is 10.6 Å². The molecule has 0 unspecified atom stereocenters. The molecule has 0 bridgehead atoms. The number of anilines is 2. The summed E-state index contributed by atoms with van der Waals surface area (Å²) in [6.45, 7) is 1.87. The molecule has 1 aromatic carbocycles. The van der Waals surface area contributed by atoms with E-state index in [4.69, 9.17) is 5.73 Å². The number of carbonyl (C=O) groups is 1. The van der Waals surface area contributed by atoms with E-state index in [-0.39, 0.29) is 19.1 Å². The van der Waals surface area contributed by atoms with Gasteiger partial charge < -0.3 is 15.7 Å². The van der Waals surface area contributed by atoms with Crippen LogP contribution in [0.5, 0.6) is 0 Å². The van der Waals surface area contributed by atoms with Gasteiger partial charge in [-0.15, -0.1) is 0 Å². The molecule has 1 amide bonds. The fraction of sp³-hybridized carbons (Fsp3) is 0.286. The van der Waals surface area contributed by atoms with Crippen LogP contribution in [-0.4, -0.2) is 33.9 Å². The largest absolute Gasteiger partial charge is 0.397 e. The van der Waals surface area contributed by atoms with Crippen molar-refractivity contribution in [3.8, 4) is 0 Å². The molecule has 6 heteroatoms. The molecule has 0 fully saturated rings. The molecular weight excluding hydrogens is 256 g/mol. The Morgan fingerprint density at radius 1 is 1.45 bits per heavy atom. The lowest BCUT2D eigenvalue weighted by Gasteiger charge is -2.23. The lowest BCUT2D eigenvalue weighted by atomic mass is 10.2. The summed E-state index contributed by atoms with van der Waals surface area (Å²) < 4.78 is 1.64. The average molecular weight is 274 g/mol. The Bertz CT molecular complexity index is 621. The van der Waals surface area contributed by atoms with E-state index in [0.29, 0.717) is 16.9 Å². The summed E-state index contributed by atoms with van der Waals surface area (Å²) in [7, 11) is 1.78. The number of aryl methyl sites for hydroxylation is 1. The van der Waals surface area contributed by atoms with Gasteiger partial charge >= 0.3 is 0 Å². The quantitative estimate of drug-likeness (QED) is 0.813. The zero-order valence-corrected chi connectivity index (χ0v) is 11.6. The molecule has 0 aliphatic heterocycles. The molecular formula is C14H18N4O2. The predicted molar refractivity (Wildman–Crippen MR) is 77.6 cm³/mol. The second-order valence-electron chi connectivity index (χ2n) is 4.51. The van der Waals surface area contributed by atoms with Gasteiger partial charge in [0.15, 0.2) is 0 Å². The Morgan fingerprint density at radius 3 is 2.70 bits per heavy atom. The number of rotatable bonds is 4. The van der Waals surface area contributed by atoms with Crippen molar-refractivity contribution in [3.05, 3.63) is 41.7 Å². The Balaban J connectivity index is 2.41. The van der Waals surface area contributed by atoms with Gasteiger partial charge in [-0.2, -0.15) is 5.10 Å². The summed E-state index contributed by atoms with van der Waals surface area (Å²) in [5.41, 5.74) is 8.28. The van der Waals surface area contributed by atoms with Crippen molar-refractivity contribution in [3.63, 3.8) is 0 Å². The summed E-state index contributed by atoms with van der Waals surface area (Å²) in [6.07, 6.45) is 1.53. The SMILES string of the molecule is Cc1c(C(=O)N(CCO)c2ccccc2N)cnn1C. The standard InChI is InChI=1S/C14H18N4O2/c1-10-11(9-16-17(10)2)14(20)18(7-8-19)13-6-4-3-5-12(13)15/h3-6,9,19H,7-8,15H2,1-2H3. The van der Waals surface area contributed by atoms with Crippen LogP contribution in [0.25, 0.3) is 0 Å². The number of aromatic nitrogens is 2. The number of nitrogens with two attached hydrogens (primary N) is 1. The van der Waals surface area contributed by atoms with Gasteiger partial charge in [-0.25, -0.2) is 0 Å². The lowest BCUT2D eigenvalue weighted by molar-refractivity contribution is 0.0980. The van der Waals surface area contributed by atoms with E-state index in [9.17, 15) is 9.90 Å². The second-order valence-corrected chi connectivity index (χ2v) is 4.51. The molecule has 0 aliphatic carbocycles. The first-order valence-electron chi connectivity index (χ1n) is 6.32. The lowest BCUT2D eigenvalue weighted by Crippen LogP contribution is -2.34. The molecule has 0 aliphatic rings. The van der Waals surface area contributed by atoms with E-state index in [0.717, 1.165) is 5.69 Å². The first-order chi connectivity index (χ1) is 9.56. The van der Waals surface area contributed by atoms with E-state index >= 15 is 0 Å². The van der Waals surface area contributed by atoms with Crippen molar-refractivity contribution in [1.82, 2.24) is 9.78 Å². The number of carbonyl (C=O) groups excluding carboxylic acids is 1. The number of hydrogen-bond acceptors (Lipinski definition) is 4. The van der Waals surface area contributed by atoms with Gasteiger partial charge in [0, 0.05) is 19.3 Å². The average Bonchev–Trinajstić information content (AvgIpc) is 2.77. The number of benzene rings is 1. The molecule has 106 valence electrons. The number of hydrogen-bond donors (Lipinski definition) is 2. The van der Waals surface area contributed by atoms with Gasteiger partial charge in [0.25, 0.3) is 5.91 Å². The van der Waals surface area contributed by atoms with Crippen LogP contribution in [0, 0.1) is 6.92 Å². The van der Waals surface area contributed by atoms with Crippen LogP contribution in [0.15, 0.2) is 30.5 Å². The van der Waals surface area contributed by atoms with Crippen molar-refractivity contribution >= 4 is 17.3 Å². The molecule has 0 radical (unpaired) electrons. The summed E-state index contributed by atoms with van der Waals surface area (Å²) >= 11 is 0. The minimum atomic E-state index is -0.220. The first-order valence-corrected chi connectivity index (χ1v) is 6.32. The highest BCUT2D eigenvalue weighted by atomic mass is 16.3. The second kappa shape index (κ2) is 5.75. The van der Waals surface area contributed by atoms with Gasteiger partial charge in [-0.3, -0.25) is 9.48 Å². The van der Waals surface area contributed by atoms with Gasteiger partial charge in [0.2, 0.25) is 0 Å². The highest BCUT2D eigenvalue weighted by Crippen LogP contribution is 2.24. The summed E-state index contributed by atoms with van der Waals surface area (Å²) in [5.74, 6) is -0.220. The molecule has 20 heavy (non-hydrogen) atoms. The number of para-hydroxylation sites is 2. The van der Waals surface area contributed by atoms with Gasteiger partial charge in [0.05, 0.1) is 29.7 Å². The minimum absolute atomic E-state index is 0.139. The van der Waals surface area contributed by atoms with Crippen molar-refractivity contribution in [2.24, 2.45) is 7.05 Å². The zero-order valence-electron chi connectivity index (χ0n) is 11.6. The molecule has 0 atom stereocenters. The molecule has 3 N–H and O–H groups in total. The predicted octanol–water partition coefficient (Wildman–Crippen LogP) is 0.950. The van der Waals surface area contributed by atoms with E-state index in [2.05, 4.69) is 5.10 Å². The zero-order chi connectivity index (χ0) is 14.7. The molecule has 1 heterocycles. The minimum Gasteiger partial charge on any atom is -0.397 e. The topological polar surface area (TPSA) is 84.4 Å². The highest BCUT2D eigenvalue weighted by Gasteiger charge is 2.22. The third-order valence-electron chi connectivity index (χ3n) is 3.26. The van der Waals surface area contributed by atoms with E-state index in [1.54, 1.807) is 36.0 Å². The van der Waals surface area contributed by atoms with Crippen LogP contribution in [0.3, 0.4) is 0 Å². The summed E-state index contributed by atoms with van der Waals surface area (Å²) in [6, 6.07) is 7.09. The Labute approximate surface area is 117 Å². The van der Waals surface area contributed by atoms with E-state index in [1.165, 1.54) is 11.1 Å². The molecule has 2 aromatic rings. The van der Waals surface area contributed by atoms with Crippen LogP contribution in [0.4, 0.5) is 11.4 Å². The molecule has 1 aromatic heterocycles. The van der Waals surface area contributed by atoms with Crippen LogP contribution in [0.1, 0.15) is 16.1 Å². The maximum absolute atomic E-state index is 12.6. The summed E-state index contributed by atoms with van der Waals surface area (Å²) in [4.78, 5) is 14.1. The van der Waals surface area contributed by atoms with E-state index < -0.39 is 0 Å². The van der Waals surface area contributed by atoms with Crippen molar-refractivity contribution < 1.29 is 9.90 Å². The molecule has 0 spiro atoms. The van der Waals surface area contributed by atoms with Gasteiger partial charge in [-0.1, -0.05) is 12.1 Å². The molecule has 6 nitrogen and oxygen atoms in total. The number of nitrogens with zero attached hydrogens (tertiary/aromatic N) is 3. The van der Waals surface area contributed by atoms with Crippen molar-refractivity contribution in [1.29, 1.82) is 0 Å². The number of aliphatic hydroxyl groups is 1. The molecule has 0 saturated carbocycles. The molecule has 2 rings (SSSR count). The van der Waals surface area contributed by atoms with Crippen LogP contribution in [0.2, 0.25) is 0 Å². The van der Waals surface area contributed by atoms with Crippen molar-refractivity contribution in [2.75, 3.05) is 23.8 Å². The highest BCUT2D eigenvalue weighted by molar-refractivity contribution is 6.08. The van der Waals surface area contributed by atoms with E-state index in [1.807, 2.05) is 6.92 Å². The van der Waals surface area contributed by atoms with Gasteiger partial charge in [-0.05, 0) is 19.1 Å². The Kier molecular flexibility index (Phi) is 4.05. The normalized spacial score (nSPS) is 10.6. The Hall–Kier alpha value is -2.34. The number of nitrogen functional groups attached to an aromatic ring is 1. The smallest absolute Gasteiger partial charge is 0.261 e. The maximum Gasteiger partial charge on any atom is 0.261 e. The fourth-order valence-electron chi connectivity index (χ4n) is 2.02.